The van der Waals surface area contributed by atoms with Gasteiger partial charge in [0.25, 0.3) is 5.91 Å². The van der Waals surface area contributed by atoms with Crippen molar-refractivity contribution < 1.29 is 18.7 Å². The van der Waals surface area contributed by atoms with Gasteiger partial charge >= 0.3 is 0 Å². The van der Waals surface area contributed by atoms with Crippen molar-refractivity contribution in [2.24, 2.45) is 0 Å². The van der Waals surface area contributed by atoms with Crippen LogP contribution in [0.4, 0.5) is 5.13 Å². The molecule has 0 aliphatic heterocycles. The molecule has 0 aliphatic rings. The Labute approximate surface area is 165 Å². The summed E-state index contributed by atoms with van der Waals surface area (Å²) in [5.41, 5.74) is 1.87. The molecule has 4 rings (SSSR count). The second kappa shape index (κ2) is 7.74. The van der Waals surface area contributed by atoms with Crippen molar-refractivity contribution >= 4 is 33.3 Å². The number of anilines is 1. The van der Waals surface area contributed by atoms with E-state index in [4.69, 9.17) is 13.9 Å². The van der Waals surface area contributed by atoms with Crippen LogP contribution in [0.3, 0.4) is 0 Å². The van der Waals surface area contributed by atoms with Crippen LogP contribution in [0.2, 0.25) is 0 Å². The van der Waals surface area contributed by atoms with Gasteiger partial charge in [-0.1, -0.05) is 12.1 Å². The van der Waals surface area contributed by atoms with Crippen LogP contribution >= 0.6 is 11.3 Å². The number of para-hydroxylation sites is 1. The third-order valence-electron chi connectivity index (χ3n) is 4.13. The Kier molecular flexibility index (Phi) is 4.99. The zero-order valence-corrected chi connectivity index (χ0v) is 16.2. The van der Waals surface area contributed by atoms with Gasteiger partial charge in [-0.2, -0.15) is 0 Å². The highest BCUT2D eigenvalue weighted by atomic mass is 32.1. The molecule has 0 atom stereocenters. The van der Waals surface area contributed by atoms with E-state index >= 15 is 0 Å². The van der Waals surface area contributed by atoms with E-state index in [-0.39, 0.29) is 5.91 Å². The van der Waals surface area contributed by atoms with E-state index in [2.05, 4.69) is 10.3 Å². The van der Waals surface area contributed by atoms with Crippen molar-refractivity contribution in [1.29, 1.82) is 0 Å². The number of rotatable bonds is 6. The fourth-order valence-electron chi connectivity index (χ4n) is 2.81. The Bertz CT molecular complexity index is 1120. The number of nitrogens with zero attached hydrogens (tertiary/aromatic N) is 1. The Balaban J connectivity index is 1.52. The largest absolute Gasteiger partial charge is 0.494 e. The van der Waals surface area contributed by atoms with Gasteiger partial charge in [0.2, 0.25) is 0 Å². The minimum absolute atomic E-state index is 0.227. The molecule has 142 valence electrons. The van der Waals surface area contributed by atoms with E-state index in [1.807, 2.05) is 36.6 Å². The third kappa shape index (κ3) is 3.57. The monoisotopic (exact) mass is 394 g/mol. The number of nitrogens with one attached hydrogen (secondary N) is 1. The molecule has 4 aromatic rings. The maximum Gasteiger partial charge on any atom is 0.257 e. The lowest BCUT2D eigenvalue weighted by atomic mass is 10.2. The number of carbonyl (C=O) groups excluding carboxylic acids is 1. The molecule has 0 aliphatic carbocycles. The molecular weight excluding hydrogens is 376 g/mol. The highest BCUT2D eigenvalue weighted by Gasteiger charge is 2.14. The van der Waals surface area contributed by atoms with Crippen LogP contribution in [0.25, 0.3) is 22.4 Å². The summed E-state index contributed by atoms with van der Waals surface area (Å²) in [6.45, 7) is 2.50. The van der Waals surface area contributed by atoms with Crippen LogP contribution in [-0.4, -0.2) is 24.6 Å². The molecule has 0 unspecified atom stereocenters. The number of thiazole rings is 1. The Hall–Kier alpha value is -3.32. The number of furan rings is 1. The summed E-state index contributed by atoms with van der Waals surface area (Å²) in [6, 6.07) is 14.6. The summed E-state index contributed by atoms with van der Waals surface area (Å²) in [5.74, 6) is 1.80. The summed E-state index contributed by atoms with van der Waals surface area (Å²) in [7, 11) is 1.61. The number of methoxy groups -OCH3 is 1. The van der Waals surface area contributed by atoms with Gasteiger partial charge in [-0.25, -0.2) is 4.98 Å². The standard InChI is InChI=1S/C21H18N2O4S/c1-3-26-15-9-7-13(8-10-15)20(24)23-21-22-16(12-28-21)18-11-14-5-4-6-17(25-2)19(14)27-18/h4-12H,3H2,1-2H3,(H,22,23,24). The number of fused-ring (bicyclic) bond motifs is 1. The van der Waals surface area contributed by atoms with E-state index in [0.29, 0.717) is 40.1 Å². The van der Waals surface area contributed by atoms with Gasteiger partial charge in [0, 0.05) is 16.3 Å². The zero-order chi connectivity index (χ0) is 19.5. The van der Waals surface area contributed by atoms with Crippen molar-refractivity contribution in [2.45, 2.75) is 6.92 Å². The first kappa shape index (κ1) is 18.1. The van der Waals surface area contributed by atoms with Crippen LogP contribution in [0, 0.1) is 0 Å². The summed E-state index contributed by atoms with van der Waals surface area (Å²) in [6.07, 6.45) is 0. The van der Waals surface area contributed by atoms with Crippen LogP contribution in [0.1, 0.15) is 17.3 Å². The van der Waals surface area contributed by atoms with E-state index in [1.165, 1.54) is 11.3 Å². The van der Waals surface area contributed by atoms with Crippen LogP contribution in [-0.2, 0) is 0 Å². The summed E-state index contributed by atoms with van der Waals surface area (Å²) in [4.78, 5) is 16.9. The molecule has 28 heavy (non-hydrogen) atoms. The van der Waals surface area contributed by atoms with Crippen molar-refractivity contribution in [2.75, 3.05) is 19.0 Å². The molecule has 0 fully saturated rings. The minimum Gasteiger partial charge on any atom is -0.494 e. The molecule has 6 nitrogen and oxygen atoms in total. The van der Waals surface area contributed by atoms with Crippen LogP contribution in [0.5, 0.6) is 11.5 Å². The second-order valence-electron chi connectivity index (χ2n) is 5.94. The number of benzene rings is 2. The fourth-order valence-corrected chi connectivity index (χ4v) is 3.50. The molecule has 0 bridgehead atoms. The highest BCUT2D eigenvalue weighted by Crippen LogP contribution is 2.34. The minimum atomic E-state index is -0.227. The number of ether oxygens (including phenoxy) is 2. The molecule has 2 aromatic carbocycles. The average Bonchev–Trinajstić information content (AvgIpc) is 3.35. The van der Waals surface area contributed by atoms with Gasteiger partial charge in [0.05, 0.1) is 13.7 Å². The van der Waals surface area contributed by atoms with E-state index in [1.54, 1.807) is 31.4 Å². The number of amides is 1. The molecule has 0 saturated carbocycles. The summed E-state index contributed by atoms with van der Waals surface area (Å²) >= 11 is 1.34. The van der Waals surface area contributed by atoms with E-state index in [0.717, 1.165) is 11.1 Å². The predicted molar refractivity (Wildman–Crippen MR) is 109 cm³/mol. The van der Waals surface area contributed by atoms with Crippen molar-refractivity contribution in [3.63, 3.8) is 0 Å². The maximum atomic E-state index is 12.4. The number of hydrogen-bond acceptors (Lipinski definition) is 6. The van der Waals surface area contributed by atoms with Crippen LogP contribution < -0.4 is 14.8 Å². The molecule has 7 heteroatoms. The molecule has 1 N–H and O–H groups in total. The Morgan fingerprint density at radius 1 is 1.21 bits per heavy atom. The number of aromatic nitrogens is 1. The van der Waals surface area contributed by atoms with Gasteiger partial charge in [0.15, 0.2) is 22.2 Å². The topological polar surface area (TPSA) is 73.6 Å². The zero-order valence-electron chi connectivity index (χ0n) is 15.4. The molecule has 0 spiro atoms. The smallest absolute Gasteiger partial charge is 0.257 e. The van der Waals surface area contributed by atoms with Gasteiger partial charge in [0.1, 0.15) is 11.4 Å². The first-order chi connectivity index (χ1) is 13.7. The molecule has 2 aromatic heterocycles. The Morgan fingerprint density at radius 2 is 2.04 bits per heavy atom. The molecule has 1 amide bonds. The van der Waals surface area contributed by atoms with Crippen molar-refractivity contribution in [3.05, 3.63) is 59.5 Å². The molecule has 0 saturated heterocycles. The molecule has 0 radical (unpaired) electrons. The summed E-state index contributed by atoms with van der Waals surface area (Å²) < 4.78 is 16.6. The normalized spacial score (nSPS) is 10.8. The first-order valence-electron chi connectivity index (χ1n) is 8.74. The number of carbonyl (C=O) groups is 1. The molecular formula is C21H18N2O4S. The fraction of sp³-hybridized carbons (Fsp3) is 0.143. The quantitative estimate of drug-likeness (QED) is 0.486. The summed E-state index contributed by atoms with van der Waals surface area (Å²) in [5, 5.41) is 6.10. The van der Waals surface area contributed by atoms with Crippen molar-refractivity contribution in [3.8, 4) is 23.0 Å². The molecule has 2 heterocycles. The Morgan fingerprint density at radius 3 is 2.79 bits per heavy atom. The lowest BCUT2D eigenvalue weighted by Gasteiger charge is -2.04. The van der Waals surface area contributed by atoms with Gasteiger partial charge < -0.3 is 13.9 Å². The second-order valence-corrected chi connectivity index (χ2v) is 6.80. The number of hydrogen-bond donors (Lipinski definition) is 1. The van der Waals surface area contributed by atoms with E-state index < -0.39 is 0 Å². The average molecular weight is 394 g/mol. The van der Waals surface area contributed by atoms with Gasteiger partial charge in [-0.3, -0.25) is 10.1 Å². The lowest BCUT2D eigenvalue weighted by molar-refractivity contribution is 0.102. The SMILES string of the molecule is CCOc1ccc(C(=O)Nc2nc(-c3cc4cccc(OC)c4o3)cs2)cc1. The van der Waals surface area contributed by atoms with Crippen LogP contribution in [0.15, 0.2) is 58.3 Å². The van der Waals surface area contributed by atoms with Crippen molar-refractivity contribution in [1.82, 2.24) is 4.98 Å². The van der Waals surface area contributed by atoms with Gasteiger partial charge in [-0.15, -0.1) is 11.3 Å². The third-order valence-corrected chi connectivity index (χ3v) is 4.89. The predicted octanol–water partition coefficient (Wildman–Crippen LogP) is 5.22. The maximum absolute atomic E-state index is 12.4. The first-order valence-corrected chi connectivity index (χ1v) is 9.62. The van der Waals surface area contributed by atoms with Gasteiger partial charge in [-0.05, 0) is 43.3 Å². The lowest BCUT2D eigenvalue weighted by Crippen LogP contribution is -2.11. The van der Waals surface area contributed by atoms with E-state index in [9.17, 15) is 4.79 Å². The highest BCUT2D eigenvalue weighted by molar-refractivity contribution is 7.14.